The molecule has 1 unspecified atom stereocenters. The van der Waals surface area contributed by atoms with Gasteiger partial charge < -0.3 is 9.84 Å². The Morgan fingerprint density at radius 1 is 0.955 bits per heavy atom. The van der Waals surface area contributed by atoms with Gasteiger partial charge in [0.2, 0.25) is 0 Å². The molecule has 0 bridgehead atoms. The second-order valence-corrected chi connectivity index (χ2v) is 6.56. The molecular formula is C19H21ClO2. The third kappa shape index (κ3) is 4.12. The van der Waals surface area contributed by atoms with Gasteiger partial charge in [0.1, 0.15) is 17.6 Å². The number of benzene rings is 2. The Labute approximate surface area is 137 Å². The zero-order valence-corrected chi connectivity index (χ0v) is 13.8. The molecule has 1 N–H and O–H groups in total. The molecule has 0 saturated carbocycles. The molecular weight excluding hydrogens is 296 g/mol. The third-order valence-corrected chi connectivity index (χ3v) is 3.59. The summed E-state index contributed by atoms with van der Waals surface area (Å²) >= 11 is 6.47. The Morgan fingerprint density at radius 2 is 1.45 bits per heavy atom. The van der Waals surface area contributed by atoms with Gasteiger partial charge in [0.15, 0.2) is 0 Å². The Bertz CT molecular complexity index is 627. The first-order valence-electron chi connectivity index (χ1n) is 7.25. The fourth-order valence-electron chi connectivity index (χ4n) is 2.07. The molecule has 2 nitrogen and oxygen atoms in total. The summed E-state index contributed by atoms with van der Waals surface area (Å²) < 4.78 is 5.97. The van der Waals surface area contributed by atoms with Gasteiger partial charge in [0.25, 0.3) is 0 Å². The standard InChI is InChI=1S/C19H21ClO2/c1-19(2,3)18(22-15-12-8-5-9-13-15)16(20)17(21)14-10-6-4-7-11-14/h4-13,17,21H,1-3H3. The third-order valence-electron chi connectivity index (χ3n) is 3.22. The van der Waals surface area contributed by atoms with Crippen molar-refractivity contribution in [1.82, 2.24) is 0 Å². The van der Waals surface area contributed by atoms with Crippen LogP contribution in [-0.2, 0) is 0 Å². The van der Waals surface area contributed by atoms with Crippen LogP contribution in [-0.4, -0.2) is 5.11 Å². The lowest BCUT2D eigenvalue weighted by atomic mass is 9.91. The van der Waals surface area contributed by atoms with Gasteiger partial charge in [-0.15, -0.1) is 0 Å². The highest BCUT2D eigenvalue weighted by Gasteiger charge is 2.27. The largest absolute Gasteiger partial charge is 0.460 e. The fourth-order valence-corrected chi connectivity index (χ4v) is 2.52. The molecule has 0 amide bonds. The smallest absolute Gasteiger partial charge is 0.127 e. The average Bonchev–Trinajstić information content (AvgIpc) is 2.52. The van der Waals surface area contributed by atoms with Crippen molar-refractivity contribution in [2.75, 3.05) is 0 Å². The lowest BCUT2D eigenvalue weighted by Gasteiger charge is -2.26. The molecule has 0 aliphatic heterocycles. The summed E-state index contributed by atoms with van der Waals surface area (Å²) in [6, 6.07) is 18.8. The minimum absolute atomic E-state index is 0.308. The topological polar surface area (TPSA) is 29.5 Å². The van der Waals surface area contributed by atoms with E-state index in [1.807, 2.05) is 81.4 Å². The SMILES string of the molecule is CC(C)(C)C(Oc1ccccc1)=C(Cl)C(O)c1ccccc1. The maximum Gasteiger partial charge on any atom is 0.127 e. The fraction of sp³-hybridized carbons (Fsp3) is 0.263. The lowest BCUT2D eigenvalue weighted by molar-refractivity contribution is 0.205. The molecule has 0 saturated heterocycles. The molecule has 0 aromatic heterocycles. The van der Waals surface area contributed by atoms with E-state index >= 15 is 0 Å². The second-order valence-electron chi connectivity index (χ2n) is 6.16. The number of hydrogen-bond acceptors (Lipinski definition) is 2. The van der Waals surface area contributed by atoms with Crippen molar-refractivity contribution < 1.29 is 9.84 Å². The van der Waals surface area contributed by atoms with Crippen LogP contribution in [0.5, 0.6) is 5.75 Å². The van der Waals surface area contributed by atoms with Crippen LogP contribution in [0.15, 0.2) is 71.5 Å². The van der Waals surface area contributed by atoms with Crippen LogP contribution in [0.2, 0.25) is 0 Å². The highest BCUT2D eigenvalue weighted by atomic mass is 35.5. The van der Waals surface area contributed by atoms with Crippen molar-refractivity contribution >= 4 is 11.6 Å². The normalized spacial score (nSPS) is 14.2. The van der Waals surface area contributed by atoms with E-state index in [2.05, 4.69) is 0 Å². The van der Waals surface area contributed by atoms with Gasteiger partial charge in [-0.1, -0.05) is 80.9 Å². The number of allylic oxidation sites excluding steroid dienone is 1. The quantitative estimate of drug-likeness (QED) is 0.776. The Kier molecular flexibility index (Phi) is 5.28. The van der Waals surface area contributed by atoms with Crippen molar-refractivity contribution in [1.29, 1.82) is 0 Å². The van der Waals surface area contributed by atoms with Crippen LogP contribution >= 0.6 is 11.6 Å². The number of aliphatic hydroxyl groups excluding tert-OH is 1. The lowest BCUT2D eigenvalue weighted by Crippen LogP contribution is -2.18. The summed E-state index contributed by atoms with van der Waals surface area (Å²) in [5.41, 5.74) is 0.411. The first kappa shape index (κ1) is 16.6. The zero-order valence-electron chi connectivity index (χ0n) is 13.1. The van der Waals surface area contributed by atoms with Gasteiger partial charge in [-0.2, -0.15) is 0 Å². The van der Waals surface area contributed by atoms with E-state index in [1.54, 1.807) is 0 Å². The minimum atomic E-state index is -0.902. The maximum atomic E-state index is 10.5. The summed E-state index contributed by atoms with van der Waals surface area (Å²) in [5, 5.41) is 10.8. The molecule has 2 rings (SSSR count). The number of halogens is 1. The van der Waals surface area contributed by atoms with Crippen molar-refractivity contribution in [3.8, 4) is 5.75 Å². The molecule has 3 heteroatoms. The van der Waals surface area contributed by atoms with E-state index in [1.165, 1.54) is 0 Å². The van der Waals surface area contributed by atoms with Gasteiger partial charge >= 0.3 is 0 Å². The highest BCUT2D eigenvalue weighted by Crippen LogP contribution is 2.37. The van der Waals surface area contributed by atoms with Crippen LogP contribution in [0.25, 0.3) is 0 Å². The molecule has 1 atom stereocenters. The summed E-state index contributed by atoms with van der Waals surface area (Å²) in [6.07, 6.45) is -0.902. The average molecular weight is 317 g/mol. The van der Waals surface area contributed by atoms with Crippen molar-refractivity contribution in [3.63, 3.8) is 0 Å². The van der Waals surface area contributed by atoms with Gasteiger partial charge in [0, 0.05) is 5.41 Å². The highest BCUT2D eigenvalue weighted by molar-refractivity contribution is 6.30. The Balaban J connectivity index is 2.39. The Morgan fingerprint density at radius 3 is 1.95 bits per heavy atom. The molecule has 22 heavy (non-hydrogen) atoms. The number of para-hydroxylation sites is 1. The minimum Gasteiger partial charge on any atom is -0.460 e. The Hall–Kier alpha value is -1.77. The monoisotopic (exact) mass is 316 g/mol. The van der Waals surface area contributed by atoms with Crippen LogP contribution in [0, 0.1) is 5.41 Å². The van der Waals surface area contributed by atoms with E-state index in [9.17, 15) is 5.11 Å². The molecule has 2 aromatic rings. The van der Waals surface area contributed by atoms with Crippen LogP contribution in [0.3, 0.4) is 0 Å². The number of ether oxygens (including phenoxy) is 1. The van der Waals surface area contributed by atoms with E-state index < -0.39 is 6.10 Å². The first-order chi connectivity index (χ1) is 10.4. The van der Waals surface area contributed by atoms with E-state index in [0.29, 0.717) is 16.5 Å². The molecule has 0 spiro atoms. The number of aliphatic hydroxyl groups is 1. The summed E-state index contributed by atoms with van der Waals surface area (Å²) in [5.74, 6) is 1.27. The van der Waals surface area contributed by atoms with Gasteiger partial charge in [-0.3, -0.25) is 0 Å². The summed E-state index contributed by atoms with van der Waals surface area (Å²) in [4.78, 5) is 0. The van der Waals surface area contributed by atoms with Crippen LogP contribution in [0.1, 0.15) is 32.4 Å². The van der Waals surface area contributed by atoms with Gasteiger partial charge in [-0.05, 0) is 17.7 Å². The van der Waals surface area contributed by atoms with Crippen LogP contribution in [0.4, 0.5) is 0 Å². The van der Waals surface area contributed by atoms with Gasteiger partial charge in [-0.25, -0.2) is 0 Å². The molecule has 0 fully saturated rings. The van der Waals surface area contributed by atoms with E-state index in [4.69, 9.17) is 16.3 Å². The van der Waals surface area contributed by atoms with Crippen molar-refractivity contribution in [2.45, 2.75) is 26.9 Å². The molecule has 0 aliphatic rings. The van der Waals surface area contributed by atoms with Crippen molar-refractivity contribution in [2.24, 2.45) is 5.41 Å². The molecule has 2 aromatic carbocycles. The number of rotatable bonds is 4. The molecule has 0 aliphatic carbocycles. The zero-order chi connectivity index (χ0) is 16.2. The van der Waals surface area contributed by atoms with Gasteiger partial charge in [0.05, 0.1) is 5.03 Å². The molecule has 0 radical (unpaired) electrons. The summed E-state index contributed by atoms with van der Waals surface area (Å²) in [6.45, 7) is 6.02. The second kappa shape index (κ2) is 6.99. The van der Waals surface area contributed by atoms with Crippen molar-refractivity contribution in [3.05, 3.63) is 77.0 Å². The number of hydrogen-bond donors (Lipinski definition) is 1. The van der Waals surface area contributed by atoms with E-state index in [0.717, 1.165) is 5.56 Å². The molecule has 116 valence electrons. The van der Waals surface area contributed by atoms with Crippen LogP contribution < -0.4 is 4.74 Å². The first-order valence-corrected chi connectivity index (χ1v) is 7.63. The molecule has 0 heterocycles. The van der Waals surface area contributed by atoms with E-state index in [-0.39, 0.29) is 5.41 Å². The maximum absolute atomic E-state index is 10.5. The summed E-state index contributed by atoms with van der Waals surface area (Å²) in [7, 11) is 0. The predicted molar refractivity (Wildman–Crippen MR) is 90.8 cm³/mol. The predicted octanol–water partition coefficient (Wildman–Crippen LogP) is 5.30.